The first-order chi connectivity index (χ1) is 12.9. The van der Waals surface area contributed by atoms with E-state index in [0.29, 0.717) is 23.1 Å². The molecule has 3 unspecified atom stereocenters. The Kier molecular flexibility index (Phi) is 7.42. The van der Waals surface area contributed by atoms with Crippen molar-refractivity contribution in [3.8, 4) is 11.8 Å². The van der Waals surface area contributed by atoms with Gasteiger partial charge in [0.25, 0.3) is 5.91 Å². The van der Waals surface area contributed by atoms with Gasteiger partial charge in [0.15, 0.2) is 6.61 Å². The van der Waals surface area contributed by atoms with Crippen LogP contribution in [0.3, 0.4) is 0 Å². The Labute approximate surface area is 160 Å². The lowest BCUT2D eigenvalue weighted by atomic mass is 9.78. The average Bonchev–Trinajstić information content (AvgIpc) is 2.68. The average molecular weight is 370 g/mol. The second-order valence-corrected chi connectivity index (χ2v) is 6.96. The maximum absolute atomic E-state index is 12.1. The molecule has 3 atom stereocenters. The number of hydrogen-bond acceptors (Lipinski definition) is 5. The summed E-state index contributed by atoms with van der Waals surface area (Å²) in [4.78, 5) is 24.2. The summed E-state index contributed by atoms with van der Waals surface area (Å²) in [6, 6.07) is 8.83. The molecule has 2 rings (SSSR count). The van der Waals surface area contributed by atoms with E-state index in [1.54, 1.807) is 31.4 Å². The topological polar surface area (TPSA) is 88.4 Å². The van der Waals surface area contributed by atoms with Crippen molar-refractivity contribution in [2.24, 2.45) is 11.8 Å². The van der Waals surface area contributed by atoms with Gasteiger partial charge >= 0.3 is 5.97 Å². The number of benzene rings is 1. The number of nitrogens with zero attached hydrogens (tertiary/aromatic N) is 1. The van der Waals surface area contributed by atoms with Crippen molar-refractivity contribution >= 4 is 18.0 Å². The molecule has 144 valence electrons. The van der Waals surface area contributed by atoms with E-state index in [-0.39, 0.29) is 17.5 Å². The van der Waals surface area contributed by atoms with Crippen molar-refractivity contribution < 1.29 is 19.1 Å². The first-order valence-corrected chi connectivity index (χ1v) is 9.17. The summed E-state index contributed by atoms with van der Waals surface area (Å²) < 4.78 is 10.1. The summed E-state index contributed by atoms with van der Waals surface area (Å²) in [6.07, 6.45) is 4.61. The zero-order valence-corrected chi connectivity index (χ0v) is 16.0. The molecule has 1 aromatic carbocycles. The lowest BCUT2D eigenvalue weighted by molar-refractivity contribution is -0.144. The van der Waals surface area contributed by atoms with E-state index in [2.05, 4.69) is 19.2 Å². The SMILES string of the molecule is COc1ccc(/C=C(\C#N)C(=O)OCC(=O)NC2CCCC(C)C2C)cc1. The smallest absolute Gasteiger partial charge is 0.349 e. The van der Waals surface area contributed by atoms with E-state index < -0.39 is 12.6 Å². The molecule has 1 aliphatic rings. The van der Waals surface area contributed by atoms with Gasteiger partial charge in [-0.1, -0.05) is 38.8 Å². The number of hydrogen-bond donors (Lipinski definition) is 1. The number of carbonyl (C=O) groups is 2. The molecule has 6 nitrogen and oxygen atoms in total. The van der Waals surface area contributed by atoms with Crippen molar-refractivity contribution in [3.63, 3.8) is 0 Å². The van der Waals surface area contributed by atoms with E-state index in [1.807, 2.05) is 6.07 Å². The molecular weight excluding hydrogens is 344 g/mol. The minimum Gasteiger partial charge on any atom is -0.497 e. The molecule has 27 heavy (non-hydrogen) atoms. The fourth-order valence-electron chi connectivity index (χ4n) is 3.25. The second-order valence-electron chi connectivity index (χ2n) is 6.96. The largest absolute Gasteiger partial charge is 0.497 e. The van der Waals surface area contributed by atoms with Gasteiger partial charge in [-0.3, -0.25) is 4.79 Å². The Morgan fingerprint density at radius 3 is 2.59 bits per heavy atom. The van der Waals surface area contributed by atoms with Crippen LogP contribution in [0.25, 0.3) is 6.08 Å². The number of nitrogens with one attached hydrogen (secondary N) is 1. The Balaban J connectivity index is 1.89. The van der Waals surface area contributed by atoms with Crippen molar-refractivity contribution in [1.29, 1.82) is 5.26 Å². The number of amides is 1. The number of nitriles is 1. The fraction of sp³-hybridized carbons (Fsp3) is 0.476. The van der Waals surface area contributed by atoms with Crippen LogP contribution in [0.4, 0.5) is 0 Å². The van der Waals surface area contributed by atoms with E-state index in [4.69, 9.17) is 9.47 Å². The molecule has 6 heteroatoms. The van der Waals surface area contributed by atoms with Crippen molar-refractivity contribution in [2.75, 3.05) is 13.7 Å². The van der Waals surface area contributed by atoms with Crippen LogP contribution in [0.15, 0.2) is 29.8 Å². The molecule has 1 N–H and O–H groups in total. The third-order valence-electron chi connectivity index (χ3n) is 5.15. The van der Waals surface area contributed by atoms with Gasteiger partial charge in [0.2, 0.25) is 0 Å². The summed E-state index contributed by atoms with van der Waals surface area (Å²) in [5, 5.41) is 12.1. The molecule has 1 aliphatic carbocycles. The van der Waals surface area contributed by atoms with Gasteiger partial charge in [-0.15, -0.1) is 0 Å². The minimum atomic E-state index is -0.812. The van der Waals surface area contributed by atoms with E-state index in [9.17, 15) is 14.9 Å². The molecule has 0 aliphatic heterocycles. The van der Waals surface area contributed by atoms with Crippen LogP contribution in [-0.2, 0) is 14.3 Å². The summed E-state index contributed by atoms with van der Waals surface area (Å²) in [7, 11) is 1.56. The Morgan fingerprint density at radius 1 is 1.26 bits per heavy atom. The zero-order chi connectivity index (χ0) is 19.8. The predicted octanol–water partition coefficient (Wildman–Crippen LogP) is 3.09. The molecule has 0 saturated heterocycles. The summed E-state index contributed by atoms with van der Waals surface area (Å²) in [5.41, 5.74) is 0.506. The van der Waals surface area contributed by atoms with Gasteiger partial charge in [0.05, 0.1) is 7.11 Å². The summed E-state index contributed by atoms with van der Waals surface area (Å²) in [5.74, 6) is 0.480. The quantitative estimate of drug-likeness (QED) is 0.472. The van der Waals surface area contributed by atoms with Crippen molar-refractivity contribution in [2.45, 2.75) is 39.2 Å². The molecule has 1 saturated carbocycles. The van der Waals surface area contributed by atoms with Crippen molar-refractivity contribution in [1.82, 2.24) is 5.32 Å². The maximum Gasteiger partial charge on any atom is 0.349 e. The highest BCUT2D eigenvalue weighted by Crippen LogP contribution is 2.29. The van der Waals surface area contributed by atoms with Gasteiger partial charge in [-0.05, 0) is 42.0 Å². The Bertz CT molecular complexity index is 734. The number of rotatable bonds is 6. The highest BCUT2D eigenvalue weighted by Gasteiger charge is 2.28. The molecule has 1 fully saturated rings. The van der Waals surface area contributed by atoms with Gasteiger partial charge < -0.3 is 14.8 Å². The van der Waals surface area contributed by atoms with Crippen LogP contribution in [0.1, 0.15) is 38.7 Å². The lowest BCUT2D eigenvalue weighted by Crippen LogP contribution is -2.45. The molecule has 1 amide bonds. The fourth-order valence-corrected chi connectivity index (χ4v) is 3.25. The van der Waals surface area contributed by atoms with Gasteiger partial charge in [-0.2, -0.15) is 5.26 Å². The predicted molar refractivity (Wildman–Crippen MR) is 102 cm³/mol. The highest BCUT2D eigenvalue weighted by molar-refractivity contribution is 5.98. The standard InChI is InChI=1S/C21H26N2O4/c1-14-5-4-6-19(15(14)2)23-20(24)13-27-21(25)17(12-22)11-16-7-9-18(26-3)10-8-16/h7-11,14-15,19H,4-6,13H2,1-3H3,(H,23,24)/b17-11+. The Morgan fingerprint density at radius 2 is 1.96 bits per heavy atom. The van der Waals surface area contributed by atoms with E-state index >= 15 is 0 Å². The molecule has 0 bridgehead atoms. The van der Waals surface area contributed by atoms with Gasteiger partial charge in [-0.25, -0.2) is 4.79 Å². The highest BCUT2D eigenvalue weighted by atomic mass is 16.5. The van der Waals surface area contributed by atoms with Crippen LogP contribution in [0.2, 0.25) is 0 Å². The minimum absolute atomic E-state index is 0.102. The van der Waals surface area contributed by atoms with Crippen LogP contribution < -0.4 is 10.1 Å². The normalized spacial score (nSPS) is 22.4. The number of ether oxygens (including phenoxy) is 2. The summed E-state index contributed by atoms with van der Waals surface area (Å²) >= 11 is 0. The molecule has 0 radical (unpaired) electrons. The second kappa shape index (κ2) is 9.77. The number of esters is 1. The van der Waals surface area contributed by atoms with Crippen LogP contribution >= 0.6 is 0 Å². The zero-order valence-electron chi connectivity index (χ0n) is 16.0. The molecular formula is C21H26N2O4. The Hall–Kier alpha value is -2.81. The van der Waals surface area contributed by atoms with Gasteiger partial charge in [0.1, 0.15) is 17.4 Å². The van der Waals surface area contributed by atoms with Crippen LogP contribution in [0, 0.1) is 23.2 Å². The number of carbonyl (C=O) groups excluding carboxylic acids is 2. The van der Waals surface area contributed by atoms with Crippen LogP contribution in [0.5, 0.6) is 5.75 Å². The molecule has 1 aromatic rings. The monoisotopic (exact) mass is 370 g/mol. The summed E-state index contributed by atoms with van der Waals surface area (Å²) in [6.45, 7) is 3.93. The lowest BCUT2D eigenvalue weighted by Gasteiger charge is -2.34. The first kappa shape index (κ1) is 20.5. The molecule has 0 aromatic heterocycles. The molecule has 0 heterocycles. The van der Waals surface area contributed by atoms with Crippen LogP contribution in [-0.4, -0.2) is 31.6 Å². The van der Waals surface area contributed by atoms with E-state index in [0.717, 1.165) is 12.8 Å². The first-order valence-electron chi connectivity index (χ1n) is 9.17. The van der Waals surface area contributed by atoms with Crippen molar-refractivity contribution in [3.05, 3.63) is 35.4 Å². The maximum atomic E-state index is 12.1. The third-order valence-corrected chi connectivity index (χ3v) is 5.15. The van der Waals surface area contributed by atoms with Gasteiger partial charge in [0, 0.05) is 6.04 Å². The number of methoxy groups -OCH3 is 1. The third kappa shape index (κ3) is 5.85. The van der Waals surface area contributed by atoms with E-state index in [1.165, 1.54) is 12.5 Å². The molecule has 0 spiro atoms.